The average Bonchev–Trinajstić information content (AvgIpc) is 3.27. The third-order valence-corrected chi connectivity index (χ3v) is 3.90. The van der Waals surface area contributed by atoms with Gasteiger partial charge in [-0.25, -0.2) is 0 Å². The maximum absolute atomic E-state index is 10.0. The Bertz CT molecular complexity index is 603. The molecule has 3 heteroatoms. The van der Waals surface area contributed by atoms with Gasteiger partial charge in [0, 0.05) is 11.0 Å². The van der Waals surface area contributed by atoms with E-state index < -0.39 is 0 Å². The SMILES string of the molecule is COc1ccccc1OCC1(c2ccccc2O)CC1. The molecule has 0 unspecified atom stereocenters. The van der Waals surface area contributed by atoms with Gasteiger partial charge in [0.1, 0.15) is 5.75 Å². The summed E-state index contributed by atoms with van der Waals surface area (Å²) in [7, 11) is 1.64. The Morgan fingerprint density at radius 2 is 1.65 bits per heavy atom. The van der Waals surface area contributed by atoms with E-state index in [1.54, 1.807) is 13.2 Å². The lowest BCUT2D eigenvalue weighted by Crippen LogP contribution is -2.18. The smallest absolute Gasteiger partial charge is 0.161 e. The van der Waals surface area contributed by atoms with Gasteiger partial charge in [0.05, 0.1) is 13.7 Å². The Morgan fingerprint density at radius 3 is 2.30 bits per heavy atom. The fourth-order valence-electron chi connectivity index (χ4n) is 2.52. The molecule has 0 amide bonds. The first-order chi connectivity index (χ1) is 9.75. The highest BCUT2D eigenvalue weighted by molar-refractivity contribution is 5.44. The first-order valence-corrected chi connectivity index (χ1v) is 6.79. The molecule has 0 aromatic heterocycles. The number of hydrogen-bond acceptors (Lipinski definition) is 3. The van der Waals surface area contributed by atoms with Crippen LogP contribution in [0.1, 0.15) is 18.4 Å². The van der Waals surface area contributed by atoms with E-state index in [0.29, 0.717) is 12.4 Å². The van der Waals surface area contributed by atoms with Crippen LogP contribution in [0.2, 0.25) is 0 Å². The minimum Gasteiger partial charge on any atom is -0.508 e. The van der Waals surface area contributed by atoms with E-state index in [9.17, 15) is 5.11 Å². The van der Waals surface area contributed by atoms with Crippen LogP contribution in [0.25, 0.3) is 0 Å². The Kier molecular flexibility index (Phi) is 3.26. The standard InChI is InChI=1S/C17H18O3/c1-19-15-8-4-5-9-16(15)20-12-17(10-11-17)13-6-2-3-7-14(13)18/h2-9,18H,10-12H2,1H3. The highest BCUT2D eigenvalue weighted by Crippen LogP contribution is 2.51. The van der Waals surface area contributed by atoms with Gasteiger partial charge in [0.2, 0.25) is 0 Å². The molecule has 0 atom stereocenters. The minimum absolute atomic E-state index is 0.0494. The summed E-state index contributed by atoms with van der Waals surface area (Å²) in [4.78, 5) is 0. The van der Waals surface area contributed by atoms with Gasteiger partial charge in [0.25, 0.3) is 0 Å². The minimum atomic E-state index is -0.0494. The number of ether oxygens (including phenoxy) is 2. The second-order valence-electron chi connectivity index (χ2n) is 5.24. The summed E-state index contributed by atoms with van der Waals surface area (Å²) in [5, 5.41) is 10.0. The van der Waals surface area contributed by atoms with Crippen molar-refractivity contribution in [1.82, 2.24) is 0 Å². The van der Waals surface area contributed by atoms with E-state index in [2.05, 4.69) is 0 Å². The molecule has 1 aliphatic carbocycles. The molecule has 1 N–H and O–H groups in total. The van der Waals surface area contributed by atoms with Crippen molar-refractivity contribution in [3.63, 3.8) is 0 Å². The number of para-hydroxylation sites is 3. The van der Waals surface area contributed by atoms with Crippen molar-refractivity contribution in [2.75, 3.05) is 13.7 Å². The van der Waals surface area contributed by atoms with Gasteiger partial charge in [-0.15, -0.1) is 0 Å². The van der Waals surface area contributed by atoms with Gasteiger partial charge in [0.15, 0.2) is 11.5 Å². The Balaban J connectivity index is 1.77. The number of methoxy groups -OCH3 is 1. The molecule has 2 aromatic rings. The molecule has 0 saturated heterocycles. The third kappa shape index (κ3) is 2.31. The van der Waals surface area contributed by atoms with Gasteiger partial charge < -0.3 is 14.6 Å². The second kappa shape index (κ2) is 5.08. The monoisotopic (exact) mass is 270 g/mol. The molecular weight excluding hydrogens is 252 g/mol. The van der Waals surface area contributed by atoms with Crippen molar-refractivity contribution < 1.29 is 14.6 Å². The molecule has 3 rings (SSSR count). The van der Waals surface area contributed by atoms with Crippen molar-refractivity contribution in [2.45, 2.75) is 18.3 Å². The molecule has 2 aromatic carbocycles. The van der Waals surface area contributed by atoms with Gasteiger partial charge in [-0.05, 0) is 31.0 Å². The van der Waals surface area contributed by atoms with Gasteiger partial charge >= 0.3 is 0 Å². The lowest BCUT2D eigenvalue weighted by Gasteiger charge is -2.19. The zero-order valence-electron chi connectivity index (χ0n) is 11.5. The van der Waals surface area contributed by atoms with E-state index in [0.717, 1.165) is 29.9 Å². The van der Waals surface area contributed by atoms with E-state index in [-0.39, 0.29) is 5.41 Å². The van der Waals surface area contributed by atoms with E-state index in [1.165, 1.54) is 0 Å². The predicted molar refractivity (Wildman–Crippen MR) is 77.5 cm³/mol. The van der Waals surface area contributed by atoms with Crippen LogP contribution in [-0.4, -0.2) is 18.8 Å². The summed E-state index contributed by atoms with van der Waals surface area (Å²) >= 11 is 0. The first kappa shape index (κ1) is 12.9. The molecule has 0 aliphatic heterocycles. The van der Waals surface area contributed by atoms with Gasteiger partial charge in [-0.1, -0.05) is 30.3 Å². The number of phenolic OH excluding ortho intramolecular Hbond substituents is 1. The van der Waals surface area contributed by atoms with Gasteiger partial charge in [-0.3, -0.25) is 0 Å². The summed E-state index contributed by atoms with van der Waals surface area (Å²) in [5.41, 5.74) is 0.932. The Morgan fingerprint density at radius 1 is 1.00 bits per heavy atom. The fraction of sp³-hybridized carbons (Fsp3) is 0.294. The summed E-state index contributed by atoms with van der Waals surface area (Å²) in [6.07, 6.45) is 2.08. The summed E-state index contributed by atoms with van der Waals surface area (Å²) in [5.74, 6) is 1.84. The van der Waals surface area contributed by atoms with Crippen LogP contribution in [0.4, 0.5) is 0 Å². The van der Waals surface area contributed by atoms with Crippen LogP contribution < -0.4 is 9.47 Å². The van der Waals surface area contributed by atoms with Crippen molar-refractivity contribution >= 4 is 0 Å². The quantitative estimate of drug-likeness (QED) is 0.903. The van der Waals surface area contributed by atoms with Crippen LogP contribution in [0.15, 0.2) is 48.5 Å². The molecule has 0 spiro atoms. The molecule has 0 bridgehead atoms. The molecule has 0 heterocycles. The molecule has 104 valence electrons. The second-order valence-corrected chi connectivity index (χ2v) is 5.24. The van der Waals surface area contributed by atoms with E-state index in [1.807, 2.05) is 42.5 Å². The molecule has 1 aliphatic rings. The normalized spacial score (nSPS) is 15.7. The fourth-order valence-corrected chi connectivity index (χ4v) is 2.52. The summed E-state index contributed by atoms with van der Waals surface area (Å²) < 4.78 is 11.2. The van der Waals surface area contributed by atoms with Crippen LogP contribution in [-0.2, 0) is 5.41 Å². The third-order valence-electron chi connectivity index (χ3n) is 3.90. The number of hydrogen-bond donors (Lipinski definition) is 1. The first-order valence-electron chi connectivity index (χ1n) is 6.79. The highest BCUT2D eigenvalue weighted by Gasteiger charge is 2.46. The molecule has 1 fully saturated rings. The number of phenols is 1. The van der Waals surface area contributed by atoms with Crippen molar-refractivity contribution in [1.29, 1.82) is 0 Å². The van der Waals surface area contributed by atoms with Crippen LogP contribution >= 0.6 is 0 Å². The zero-order valence-corrected chi connectivity index (χ0v) is 11.5. The molecule has 3 nitrogen and oxygen atoms in total. The number of aromatic hydroxyl groups is 1. The highest BCUT2D eigenvalue weighted by atomic mass is 16.5. The van der Waals surface area contributed by atoms with E-state index >= 15 is 0 Å². The molecule has 20 heavy (non-hydrogen) atoms. The Labute approximate surface area is 118 Å². The average molecular weight is 270 g/mol. The maximum Gasteiger partial charge on any atom is 0.161 e. The maximum atomic E-state index is 10.0. The van der Waals surface area contributed by atoms with Crippen molar-refractivity contribution in [3.05, 3.63) is 54.1 Å². The predicted octanol–water partition coefficient (Wildman–Crippen LogP) is 3.51. The molecule has 1 saturated carbocycles. The van der Waals surface area contributed by atoms with Crippen molar-refractivity contribution in [2.24, 2.45) is 0 Å². The lowest BCUT2D eigenvalue weighted by atomic mass is 9.96. The van der Waals surface area contributed by atoms with E-state index in [4.69, 9.17) is 9.47 Å². The van der Waals surface area contributed by atoms with Gasteiger partial charge in [-0.2, -0.15) is 0 Å². The largest absolute Gasteiger partial charge is 0.508 e. The number of benzene rings is 2. The zero-order chi connectivity index (χ0) is 14.0. The van der Waals surface area contributed by atoms with Crippen LogP contribution in [0, 0.1) is 0 Å². The Hall–Kier alpha value is -2.16. The van der Waals surface area contributed by atoms with Crippen molar-refractivity contribution in [3.8, 4) is 17.2 Å². The van der Waals surface area contributed by atoms with Crippen LogP contribution in [0.5, 0.6) is 17.2 Å². The summed E-state index contributed by atoms with van der Waals surface area (Å²) in [6.45, 7) is 0.560. The molecule has 0 radical (unpaired) electrons. The molecular formula is C17H18O3. The summed E-state index contributed by atoms with van der Waals surface area (Å²) in [6, 6.07) is 15.1. The topological polar surface area (TPSA) is 38.7 Å². The lowest BCUT2D eigenvalue weighted by molar-refractivity contribution is 0.260. The van der Waals surface area contributed by atoms with Crippen LogP contribution in [0.3, 0.4) is 0 Å². The number of rotatable bonds is 5.